The summed E-state index contributed by atoms with van der Waals surface area (Å²) in [5.74, 6) is 0.406. The first-order valence-corrected chi connectivity index (χ1v) is 4.18. The third-order valence-electron chi connectivity index (χ3n) is 1.87. The van der Waals surface area contributed by atoms with Crippen LogP contribution in [-0.4, -0.2) is 4.98 Å². The molecule has 0 aliphatic rings. The zero-order valence-corrected chi connectivity index (χ0v) is 7.64. The van der Waals surface area contributed by atoms with Crippen molar-refractivity contribution < 1.29 is 4.42 Å². The van der Waals surface area contributed by atoms with E-state index in [1.54, 1.807) is 12.1 Å². The maximum Gasteiger partial charge on any atom is 0.225 e. The summed E-state index contributed by atoms with van der Waals surface area (Å²) < 4.78 is 5.09. The predicted octanol–water partition coefficient (Wildman–Crippen LogP) is 2.08. The summed E-state index contributed by atoms with van der Waals surface area (Å²) in [7, 11) is 0. The van der Waals surface area contributed by atoms with Crippen LogP contribution in [0.25, 0.3) is 11.5 Å². The van der Waals surface area contributed by atoms with Crippen LogP contribution < -0.4 is 0 Å². The highest BCUT2D eigenvalue weighted by Gasteiger charge is 2.06. The first-order chi connectivity index (χ1) is 7.33. The zero-order chi connectivity index (χ0) is 10.7. The topological polar surface area (TPSA) is 73.6 Å². The number of nitriles is 2. The Morgan fingerprint density at radius 1 is 1.07 bits per heavy atom. The van der Waals surface area contributed by atoms with Crippen LogP contribution in [0.2, 0.25) is 0 Å². The molecule has 0 aliphatic carbocycles. The molecule has 70 valence electrons. The molecule has 1 aromatic carbocycles. The number of benzene rings is 1. The largest absolute Gasteiger partial charge is 0.445 e. The van der Waals surface area contributed by atoms with Gasteiger partial charge in [0, 0.05) is 5.56 Å². The van der Waals surface area contributed by atoms with Crippen LogP contribution in [0.4, 0.5) is 0 Å². The van der Waals surface area contributed by atoms with E-state index in [4.69, 9.17) is 14.9 Å². The van der Waals surface area contributed by atoms with Gasteiger partial charge in [0.2, 0.25) is 5.89 Å². The average molecular weight is 195 g/mol. The summed E-state index contributed by atoms with van der Waals surface area (Å²) in [6.45, 7) is 0. The molecule has 0 unspecified atom stereocenters. The van der Waals surface area contributed by atoms with Gasteiger partial charge in [-0.2, -0.15) is 10.5 Å². The van der Waals surface area contributed by atoms with Crippen LogP contribution in [0.3, 0.4) is 0 Å². The Morgan fingerprint density at radius 3 is 2.20 bits per heavy atom. The summed E-state index contributed by atoms with van der Waals surface area (Å²) in [5, 5.41) is 17.5. The molecule has 4 heteroatoms. The van der Waals surface area contributed by atoms with E-state index in [9.17, 15) is 0 Å². The van der Waals surface area contributed by atoms with Gasteiger partial charge in [-0.05, 0) is 18.2 Å². The van der Waals surface area contributed by atoms with Crippen LogP contribution >= 0.6 is 0 Å². The van der Waals surface area contributed by atoms with Gasteiger partial charge in [0.25, 0.3) is 0 Å². The third kappa shape index (κ3) is 1.70. The third-order valence-corrected chi connectivity index (χ3v) is 1.87. The molecule has 1 aromatic heterocycles. The van der Waals surface area contributed by atoms with Crippen molar-refractivity contribution in [3.63, 3.8) is 0 Å². The maximum absolute atomic E-state index is 8.77. The van der Waals surface area contributed by atoms with E-state index in [1.807, 2.05) is 12.1 Å². The van der Waals surface area contributed by atoms with Gasteiger partial charge >= 0.3 is 0 Å². The van der Waals surface area contributed by atoms with Gasteiger partial charge < -0.3 is 4.42 Å². The Bertz CT molecular complexity index is 526. The average Bonchev–Trinajstić information content (AvgIpc) is 2.81. The fourth-order valence-electron chi connectivity index (χ4n) is 1.25. The molecule has 0 N–H and O–H groups in total. The van der Waals surface area contributed by atoms with E-state index in [0.29, 0.717) is 22.6 Å². The normalized spacial score (nSPS) is 9.20. The maximum atomic E-state index is 8.77. The van der Waals surface area contributed by atoms with Crippen molar-refractivity contribution >= 4 is 0 Å². The second-order valence-corrected chi connectivity index (χ2v) is 2.86. The summed E-state index contributed by atoms with van der Waals surface area (Å²) in [6, 6.07) is 8.75. The highest BCUT2D eigenvalue weighted by molar-refractivity contribution is 5.59. The summed E-state index contributed by atoms with van der Waals surface area (Å²) in [5.41, 5.74) is 1.47. The molecular weight excluding hydrogens is 190 g/mol. The molecule has 0 radical (unpaired) electrons. The van der Waals surface area contributed by atoms with E-state index in [1.165, 1.54) is 18.5 Å². The predicted molar refractivity (Wildman–Crippen MR) is 51.4 cm³/mol. The molecule has 2 aromatic rings. The number of hydrogen-bond donors (Lipinski definition) is 0. The highest BCUT2D eigenvalue weighted by atomic mass is 16.3. The van der Waals surface area contributed by atoms with E-state index >= 15 is 0 Å². The lowest BCUT2D eigenvalue weighted by Gasteiger charge is -1.97. The fraction of sp³-hybridized carbons (Fsp3) is 0. The lowest BCUT2D eigenvalue weighted by atomic mass is 10.1. The van der Waals surface area contributed by atoms with Crippen molar-refractivity contribution in [3.05, 3.63) is 41.8 Å². The lowest BCUT2D eigenvalue weighted by Crippen LogP contribution is -1.84. The Morgan fingerprint density at radius 2 is 1.73 bits per heavy atom. The van der Waals surface area contributed by atoms with Gasteiger partial charge in [-0.3, -0.25) is 0 Å². The van der Waals surface area contributed by atoms with Gasteiger partial charge in [0.05, 0.1) is 29.5 Å². The molecular formula is C11H5N3O. The molecule has 0 aliphatic heterocycles. The molecule has 15 heavy (non-hydrogen) atoms. The van der Waals surface area contributed by atoms with E-state index in [0.717, 1.165) is 0 Å². The van der Waals surface area contributed by atoms with Gasteiger partial charge in [-0.1, -0.05) is 0 Å². The standard InChI is InChI=1S/C11H5N3O/c12-6-8-3-9(7-13)5-10(4-8)11-14-1-2-15-11/h1-5H. The van der Waals surface area contributed by atoms with Crippen molar-refractivity contribution in [3.8, 4) is 23.6 Å². The number of oxazole rings is 1. The Labute approximate surface area is 86.0 Å². The summed E-state index contributed by atoms with van der Waals surface area (Å²) in [6.07, 6.45) is 2.96. The lowest BCUT2D eigenvalue weighted by molar-refractivity contribution is 0.574. The van der Waals surface area contributed by atoms with Gasteiger partial charge in [-0.25, -0.2) is 4.98 Å². The number of hydrogen-bond acceptors (Lipinski definition) is 4. The fourth-order valence-corrected chi connectivity index (χ4v) is 1.25. The zero-order valence-electron chi connectivity index (χ0n) is 7.64. The second-order valence-electron chi connectivity index (χ2n) is 2.86. The van der Waals surface area contributed by atoms with Gasteiger partial charge in [0.1, 0.15) is 6.26 Å². The van der Waals surface area contributed by atoms with E-state index in [2.05, 4.69) is 4.98 Å². The molecule has 0 saturated heterocycles. The molecule has 0 bridgehead atoms. The quantitative estimate of drug-likeness (QED) is 0.698. The molecule has 1 heterocycles. The molecule has 0 fully saturated rings. The first-order valence-electron chi connectivity index (χ1n) is 4.18. The number of aromatic nitrogens is 1. The molecule has 0 spiro atoms. The molecule has 2 rings (SSSR count). The Kier molecular flexibility index (Phi) is 2.19. The number of rotatable bonds is 1. The second kappa shape index (κ2) is 3.65. The van der Waals surface area contributed by atoms with Crippen molar-refractivity contribution in [2.24, 2.45) is 0 Å². The first kappa shape index (κ1) is 8.98. The van der Waals surface area contributed by atoms with Crippen LogP contribution in [0.15, 0.2) is 35.1 Å². The molecule has 0 atom stereocenters. The molecule has 4 nitrogen and oxygen atoms in total. The SMILES string of the molecule is N#Cc1cc(C#N)cc(-c2ncco2)c1. The van der Waals surface area contributed by atoms with E-state index in [-0.39, 0.29) is 0 Å². The highest BCUT2D eigenvalue weighted by Crippen LogP contribution is 2.20. The minimum absolute atomic E-state index is 0.406. The van der Waals surface area contributed by atoms with Crippen molar-refractivity contribution in [2.75, 3.05) is 0 Å². The van der Waals surface area contributed by atoms with Crippen LogP contribution in [0.5, 0.6) is 0 Å². The minimum Gasteiger partial charge on any atom is -0.445 e. The van der Waals surface area contributed by atoms with Crippen LogP contribution in [-0.2, 0) is 0 Å². The molecule has 0 amide bonds. The van der Waals surface area contributed by atoms with E-state index < -0.39 is 0 Å². The monoisotopic (exact) mass is 195 g/mol. The Balaban J connectivity index is 2.59. The van der Waals surface area contributed by atoms with Crippen molar-refractivity contribution in [1.29, 1.82) is 10.5 Å². The van der Waals surface area contributed by atoms with Crippen LogP contribution in [0.1, 0.15) is 11.1 Å². The van der Waals surface area contributed by atoms with Gasteiger partial charge in [-0.15, -0.1) is 0 Å². The minimum atomic E-state index is 0.406. The smallest absolute Gasteiger partial charge is 0.225 e. The van der Waals surface area contributed by atoms with Gasteiger partial charge in [0.15, 0.2) is 0 Å². The van der Waals surface area contributed by atoms with Crippen molar-refractivity contribution in [1.82, 2.24) is 4.98 Å². The number of nitrogens with zero attached hydrogens (tertiary/aromatic N) is 3. The van der Waals surface area contributed by atoms with Crippen molar-refractivity contribution in [2.45, 2.75) is 0 Å². The summed E-state index contributed by atoms with van der Waals surface area (Å²) >= 11 is 0. The Hall–Kier alpha value is -2.59. The molecule has 0 saturated carbocycles. The summed E-state index contributed by atoms with van der Waals surface area (Å²) in [4.78, 5) is 3.95. The van der Waals surface area contributed by atoms with Crippen LogP contribution in [0, 0.1) is 22.7 Å².